The van der Waals surface area contributed by atoms with Crippen molar-refractivity contribution in [1.82, 2.24) is 5.32 Å². The van der Waals surface area contributed by atoms with Gasteiger partial charge in [-0.1, -0.05) is 24.3 Å². The summed E-state index contributed by atoms with van der Waals surface area (Å²) in [6.45, 7) is 3.24. The van der Waals surface area contributed by atoms with Crippen LogP contribution in [-0.2, 0) is 16.1 Å². The molecule has 0 aliphatic rings. The van der Waals surface area contributed by atoms with Crippen LogP contribution in [0.5, 0.6) is 0 Å². The Labute approximate surface area is 119 Å². The number of primary amides is 1. The molecule has 0 radical (unpaired) electrons. The van der Waals surface area contributed by atoms with Crippen LogP contribution in [0.2, 0.25) is 0 Å². The lowest BCUT2D eigenvalue weighted by Gasteiger charge is -2.08. The third kappa shape index (κ3) is 5.84. The molecule has 0 saturated heterocycles. The van der Waals surface area contributed by atoms with Crippen molar-refractivity contribution in [3.8, 4) is 0 Å². The molecule has 20 heavy (non-hydrogen) atoms. The summed E-state index contributed by atoms with van der Waals surface area (Å²) in [5.74, 6) is -1.55. The summed E-state index contributed by atoms with van der Waals surface area (Å²) in [7, 11) is 0. The van der Waals surface area contributed by atoms with Crippen molar-refractivity contribution in [3.05, 3.63) is 35.4 Å². The van der Waals surface area contributed by atoms with Crippen molar-refractivity contribution < 1.29 is 14.7 Å². The van der Waals surface area contributed by atoms with Crippen molar-refractivity contribution in [2.24, 2.45) is 5.73 Å². The van der Waals surface area contributed by atoms with Gasteiger partial charge in [-0.3, -0.25) is 9.59 Å². The highest BCUT2D eigenvalue weighted by molar-refractivity contribution is 5.75. The van der Waals surface area contributed by atoms with Gasteiger partial charge in [0.1, 0.15) is 0 Å². The number of carbonyl (C=O) groups is 2. The first kappa shape index (κ1) is 16.2. The SMILES string of the molecule is CC(C(=O)O)c1ccc(CNCCCCC(N)=O)cc1. The highest BCUT2D eigenvalue weighted by Gasteiger charge is 2.12. The smallest absolute Gasteiger partial charge is 0.310 e. The Morgan fingerprint density at radius 3 is 2.45 bits per heavy atom. The minimum absolute atomic E-state index is 0.256. The van der Waals surface area contributed by atoms with Gasteiger partial charge in [0.2, 0.25) is 5.91 Å². The third-order valence-corrected chi connectivity index (χ3v) is 3.21. The zero-order valence-corrected chi connectivity index (χ0v) is 11.8. The Kier molecular flexibility index (Phi) is 6.73. The van der Waals surface area contributed by atoms with Gasteiger partial charge < -0.3 is 16.2 Å². The number of hydrogen-bond donors (Lipinski definition) is 3. The van der Waals surface area contributed by atoms with E-state index in [1.54, 1.807) is 6.92 Å². The molecule has 0 aliphatic heterocycles. The van der Waals surface area contributed by atoms with E-state index in [-0.39, 0.29) is 5.91 Å². The number of rotatable bonds is 9. The number of carboxylic acids is 1. The summed E-state index contributed by atoms with van der Waals surface area (Å²) in [5.41, 5.74) is 6.98. The van der Waals surface area contributed by atoms with Gasteiger partial charge in [-0.25, -0.2) is 0 Å². The zero-order valence-electron chi connectivity index (χ0n) is 11.8. The molecule has 5 heteroatoms. The first-order chi connectivity index (χ1) is 9.50. The van der Waals surface area contributed by atoms with Crippen LogP contribution >= 0.6 is 0 Å². The van der Waals surface area contributed by atoms with E-state index in [1.807, 2.05) is 24.3 Å². The van der Waals surface area contributed by atoms with Crippen LogP contribution in [0.25, 0.3) is 0 Å². The fourth-order valence-corrected chi connectivity index (χ4v) is 1.85. The Balaban J connectivity index is 2.28. The number of carbonyl (C=O) groups excluding carboxylic acids is 1. The van der Waals surface area contributed by atoms with Gasteiger partial charge in [-0.05, 0) is 37.4 Å². The van der Waals surface area contributed by atoms with E-state index in [9.17, 15) is 9.59 Å². The van der Waals surface area contributed by atoms with Crippen LogP contribution in [0.3, 0.4) is 0 Å². The summed E-state index contributed by atoms with van der Waals surface area (Å²) >= 11 is 0. The second-order valence-corrected chi connectivity index (χ2v) is 4.90. The number of nitrogens with one attached hydrogen (secondary N) is 1. The van der Waals surface area contributed by atoms with Crippen molar-refractivity contribution in [3.63, 3.8) is 0 Å². The molecule has 0 bridgehead atoms. The number of hydrogen-bond acceptors (Lipinski definition) is 3. The molecule has 0 spiro atoms. The fraction of sp³-hybridized carbons (Fsp3) is 0.467. The maximum Gasteiger partial charge on any atom is 0.310 e. The van der Waals surface area contributed by atoms with Gasteiger partial charge in [0.15, 0.2) is 0 Å². The van der Waals surface area contributed by atoms with E-state index in [4.69, 9.17) is 10.8 Å². The number of nitrogens with two attached hydrogens (primary N) is 1. The minimum atomic E-state index is -0.815. The van der Waals surface area contributed by atoms with Gasteiger partial charge in [0.05, 0.1) is 5.92 Å². The molecular weight excluding hydrogens is 256 g/mol. The number of benzene rings is 1. The molecule has 1 rings (SSSR count). The number of carboxylic acid groups (broad SMARTS) is 1. The zero-order chi connectivity index (χ0) is 15.0. The van der Waals surface area contributed by atoms with Crippen LogP contribution in [0.1, 0.15) is 43.2 Å². The third-order valence-electron chi connectivity index (χ3n) is 3.21. The molecule has 110 valence electrons. The summed E-state index contributed by atoms with van der Waals surface area (Å²) in [6.07, 6.45) is 2.15. The quantitative estimate of drug-likeness (QED) is 0.598. The molecule has 0 aliphatic carbocycles. The normalized spacial score (nSPS) is 12.1. The molecule has 1 aromatic carbocycles. The topological polar surface area (TPSA) is 92.4 Å². The second-order valence-electron chi connectivity index (χ2n) is 4.90. The highest BCUT2D eigenvalue weighted by atomic mass is 16.4. The van der Waals surface area contributed by atoms with Crippen LogP contribution in [-0.4, -0.2) is 23.5 Å². The monoisotopic (exact) mass is 278 g/mol. The van der Waals surface area contributed by atoms with E-state index in [0.29, 0.717) is 6.42 Å². The molecule has 1 amide bonds. The largest absolute Gasteiger partial charge is 0.481 e. The number of unbranched alkanes of at least 4 members (excludes halogenated alkanes) is 1. The maximum atomic E-state index is 10.9. The van der Waals surface area contributed by atoms with Gasteiger partial charge in [0, 0.05) is 13.0 Å². The fourth-order valence-electron chi connectivity index (χ4n) is 1.85. The molecule has 0 fully saturated rings. The summed E-state index contributed by atoms with van der Waals surface area (Å²) in [4.78, 5) is 21.4. The van der Waals surface area contributed by atoms with Crippen molar-refractivity contribution in [2.75, 3.05) is 6.54 Å². The van der Waals surface area contributed by atoms with Crippen LogP contribution in [0.4, 0.5) is 0 Å². The number of aliphatic carboxylic acids is 1. The molecule has 1 atom stereocenters. The lowest BCUT2D eigenvalue weighted by atomic mass is 10.00. The van der Waals surface area contributed by atoms with E-state index in [1.165, 1.54) is 0 Å². The molecule has 0 heterocycles. The Morgan fingerprint density at radius 2 is 1.90 bits per heavy atom. The molecule has 4 N–H and O–H groups in total. The summed E-state index contributed by atoms with van der Waals surface area (Å²) in [5, 5.41) is 12.2. The lowest BCUT2D eigenvalue weighted by molar-refractivity contribution is -0.138. The van der Waals surface area contributed by atoms with Crippen molar-refractivity contribution in [2.45, 2.75) is 38.6 Å². The summed E-state index contributed by atoms with van der Waals surface area (Å²) < 4.78 is 0. The van der Waals surface area contributed by atoms with Gasteiger partial charge in [-0.15, -0.1) is 0 Å². The van der Waals surface area contributed by atoms with Crippen LogP contribution < -0.4 is 11.1 Å². The predicted octanol–water partition coefficient (Wildman–Crippen LogP) is 1.62. The molecule has 5 nitrogen and oxygen atoms in total. The van der Waals surface area contributed by atoms with E-state index in [0.717, 1.165) is 37.1 Å². The first-order valence-corrected chi connectivity index (χ1v) is 6.81. The molecular formula is C15H22N2O3. The number of amides is 1. The average Bonchev–Trinajstić information content (AvgIpc) is 2.42. The summed E-state index contributed by atoms with van der Waals surface area (Å²) in [6, 6.07) is 7.57. The second kappa shape index (κ2) is 8.32. The van der Waals surface area contributed by atoms with E-state index >= 15 is 0 Å². The van der Waals surface area contributed by atoms with Gasteiger partial charge >= 0.3 is 5.97 Å². The highest BCUT2D eigenvalue weighted by Crippen LogP contribution is 2.15. The van der Waals surface area contributed by atoms with Crippen LogP contribution in [0.15, 0.2) is 24.3 Å². The molecule has 0 saturated carbocycles. The molecule has 1 aromatic rings. The Bertz CT molecular complexity index is 443. The van der Waals surface area contributed by atoms with Crippen molar-refractivity contribution in [1.29, 1.82) is 0 Å². The lowest BCUT2D eigenvalue weighted by Crippen LogP contribution is -2.16. The molecule has 1 unspecified atom stereocenters. The van der Waals surface area contributed by atoms with Crippen LogP contribution in [0, 0.1) is 0 Å². The van der Waals surface area contributed by atoms with E-state index < -0.39 is 11.9 Å². The Hall–Kier alpha value is -1.88. The average molecular weight is 278 g/mol. The minimum Gasteiger partial charge on any atom is -0.481 e. The predicted molar refractivity (Wildman–Crippen MR) is 77.2 cm³/mol. The van der Waals surface area contributed by atoms with Gasteiger partial charge in [-0.2, -0.15) is 0 Å². The molecule has 0 aromatic heterocycles. The van der Waals surface area contributed by atoms with Crippen molar-refractivity contribution >= 4 is 11.9 Å². The first-order valence-electron chi connectivity index (χ1n) is 6.81. The standard InChI is InChI=1S/C15H22N2O3/c1-11(15(19)20)13-7-5-12(6-8-13)10-17-9-3-2-4-14(16)18/h5-8,11,17H,2-4,9-10H2,1H3,(H2,16,18)(H,19,20). The van der Waals surface area contributed by atoms with E-state index in [2.05, 4.69) is 5.32 Å². The maximum absolute atomic E-state index is 10.9. The Morgan fingerprint density at radius 1 is 1.25 bits per heavy atom. The van der Waals surface area contributed by atoms with Gasteiger partial charge in [0.25, 0.3) is 0 Å².